The first-order valence-electron chi connectivity index (χ1n) is 8.16. The van der Waals surface area contributed by atoms with Crippen molar-refractivity contribution in [2.24, 2.45) is 0 Å². The molecule has 112 valence electrons. The van der Waals surface area contributed by atoms with Crippen molar-refractivity contribution in [2.75, 3.05) is 13.2 Å². The molecule has 0 amide bonds. The number of benzene rings is 1. The maximum Gasteiger partial charge on any atom is 0.0849 e. The molecule has 1 aliphatic heterocycles. The third kappa shape index (κ3) is 3.62. The van der Waals surface area contributed by atoms with Crippen LogP contribution in [0, 0.1) is 0 Å². The van der Waals surface area contributed by atoms with Crippen molar-refractivity contribution in [1.29, 1.82) is 0 Å². The lowest BCUT2D eigenvalue weighted by Gasteiger charge is -2.35. The van der Waals surface area contributed by atoms with Crippen LogP contribution in [-0.4, -0.2) is 18.8 Å². The number of hydrogen-bond donors (Lipinski definition) is 1. The molecule has 1 aromatic rings. The molecule has 2 nitrogen and oxygen atoms in total. The van der Waals surface area contributed by atoms with Crippen LogP contribution >= 0.6 is 0 Å². The summed E-state index contributed by atoms with van der Waals surface area (Å²) in [5.41, 5.74) is 2.77. The molecule has 2 heteroatoms. The van der Waals surface area contributed by atoms with Crippen LogP contribution in [0.15, 0.2) is 24.3 Å². The van der Waals surface area contributed by atoms with Crippen molar-refractivity contribution >= 4 is 0 Å². The first-order chi connectivity index (χ1) is 9.69. The molecule has 1 heterocycles. The van der Waals surface area contributed by atoms with Gasteiger partial charge in [0.25, 0.3) is 0 Å². The van der Waals surface area contributed by atoms with Gasteiger partial charge in [0.15, 0.2) is 0 Å². The first kappa shape index (κ1) is 15.5. The van der Waals surface area contributed by atoms with Crippen LogP contribution in [-0.2, 0) is 11.2 Å². The summed E-state index contributed by atoms with van der Waals surface area (Å²) in [5.74, 6) is 0. The topological polar surface area (TPSA) is 21.3 Å². The average molecular weight is 275 g/mol. The normalized spacial score (nSPS) is 23.9. The smallest absolute Gasteiger partial charge is 0.0849 e. The summed E-state index contributed by atoms with van der Waals surface area (Å²) in [4.78, 5) is 0. The molecule has 20 heavy (non-hydrogen) atoms. The van der Waals surface area contributed by atoms with E-state index in [1.807, 2.05) is 0 Å². The summed E-state index contributed by atoms with van der Waals surface area (Å²) >= 11 is 0. The minimum Gasteiger partial charge on any atom is -0.373 e. The van der Waals surface area contributed by atoms with Crippen LogP contribution in [0.25, 0.3) is 0 Å². The molecule has 0 aromatic heterocycles. The van der Waals surface area contributed by atoms with Gasteiger partial charge in [0.1, 0.15) is 0 Å². The molecule has 1 aromatic carbocycles. The fraction of sp³-hybridized carbons (Fsp3) is 0.667. The minimum absolute atomic E-state index is 0.0555. The number of hydrogen-bond acceptors (Lipinski definition) is 2. The van der Waals surface area contributed by atoms with E-state index < -0.39 is 0 Å². The Kier molecular flexibility index (Phi) is 5.62. The predicted octanol–water partition coefficient (Wildman–Crippen LogP) is 4.25. The second-order valence-corrected chi connectivity index (χ2v) is 6.15. The predicted molar refractivity (Wildman–Crippen MR) is 85.1 cm³/mol. The second-order valence-electron chi connectivity index (χ2n) is 6.15. The molecule has 0 saturated carbocycles. The van der Waals surface area contributed by atoms with E-state index in [0.29, 0.717) is 6.04 Å². The Balaban J connectivity index is 2.23. The minimum atomic E-state index is -0.0555. The van der Waals surface area contributed by atoms with E-state index in [1.165, 1.54) is 24.0 Å². The second kappa shape index (κ2) is 7.24. The Labute approximate surface area is 123 Å². The van der Waals surface area contributed by atoms with Gasteiger partial charge in [-0.15, -0.1) is 0 Å². The van der Waals surface area contributed by atoms with Crippen molar-refractivity contribution < 1.29 is 4.74 Å². The standard InChI is InChI=1S/C18H29NO/c1-4-8-15-9-6-10-16(14-15)17(19-12-5-2)18(3)11-7-13-20-18/h6,9-10,14,17,19H,4-5,7-8,11-13H2,1-3H3. The van der Waals surface area contributed by atoms with Gasteiger partial charge in [-0.2, -0.15) is 0 Å². The van der Waals surface area contributed by atoms with Crippen molar-refractivity contribution in [2.45, 2.75) is 64.5 Å². The molecule has 1 fully saturated rings. The summed E-state index contributed by atoms with van der Waals surface area (Å²) in [6.45, 7) is 8.66. The van der Waals surface area contributed by atoms with E-state index in [9.17, 15) is 0 Å². The molecule has 0 bridgehead atoms. The molecule has 2 unspecified atom stereocenters. The van der Waals surface area contributed by atoms with E-state index >= 15 is 0 Å². The highest BCUT2D eigenvalue weighted by Crippen LogP contribution is 2.37. The lowest BCUT2D eigenvalue weighted by molar-refractivity contribution is -0.0124. The van der Waals surface area contributed by atoms with Crippen LogP contribution in [0.4, 0.5) is 0 Å². The number of nitrogens with one attached hydrogen (secondary N) is 1. The third-order valence-electron chi connectivity index (χ3n) is 4.28. The highest BCUT2D eigenvalue weighted by atomic mass is 16.5. The summed E-state index contributed by atoms with van der Waals surface area (Å²) in [7, 11) is 0. The number of aryl methyl sites for hydroxylation is 1. The van der Waals surface area contributed by atoms with Crippen molar-refractivity contribution in [3.05, 3.63) is 35.4 Å². The molecular weight excluding hydrogens is 246 g/mol. The van der Waals surface area contributed by atoms with Crippen LogP contribution in [0.2, 0.25) is 0 Å². The summed E-state index contributed by atoms with van der Waals surface area (Å²) in [5, 5.41) is 3.71. The molecule has 1 aliphatic rings. The molecule has 0 radical (unpaired) electrons. The Morgan fingerprint density at radius 2 is 2.15 bits per heavy atom. The van der Waals surface area contributed by atoms with Crippen molar-refractivity contribution in [3.63, 3.8) is 0 Å². The highest BCUT2D eigenvalue weighted by Gasteiger charge is 2.38. The van der Waals surface area contributed by atoms with Gasteiger partial charge < -0.3 is 10.1 Å². The monoisotopic (exact) mass is 275 g/mol. The van der Waals surface area contributed by atoms with Crippen LogP contribution in [0.5, 0.6) is 0 Å². The van der Waals surface area contributed by atoms with Crippen molar-refractivity contribution in [1.82, 2.24) is 5.32 Å². The lowest BCUT2D eigenvalue weighted by Crippen LogP contribution is -2.41. The lowest BCUT2D eigenvalue weighted by atomic mass is 9.86. The molecular formula is C18H29NO. The van der Waals surface area contributed by atoms with Gasteiger partial charge in [-0.05, 0) is 50.3 Å². The van der Waals surface area contributed by atoms with E-state index in [-0.39, 0.29) is 5.60 Å². The molecule has 1 N–H and O–H groups in total. The van der Waals surface area contributed by atoms with Gasteiger partial charge >= 0.3 is 0 Å². The Morgan fingerprint density at radius 1 is 1.30 bits per heavy atom. The molecule has 0 spiro atoms. The van der Waals surface area contributed by atoms with Crippen LogP contribution < -0.4 is 5.32 Å². The summed E-state index contributed by atoms with van der Waals surface area (Å²) in [6.07, 6.45) is 5.83. The number of rotatable bonds is 7. The third-order valence-corrected chi connectivity index (χ3v) is 4.28. The molecule has 2 atom stereocenters. The van der Waals surface area contributed by atoms with E-state index in [0.717, 1.165) is 32.4 Å². The zero-order chi connectivity index (χ0) is 14.4. The zero-order valence-corrected chi connectivity index (χ0v) is 13.2. The molecule has 0 aliphatic carbocycles. The Bertz CT molecular complexity index is 410. The average Bonchev–Trinajstić information content (AvgIpc) is 2.88. The summed E-state index contributed by atoms with van der Waals surface area (Å²) in [6, 6.07) is 9.35. The van der Waals surface area contributed by atoms with E-state index in [4.69, 9.17) is 4.74 Å². The maximum atomic E-state index is 6.09. The largest absolute Gasteiger partial charge is 0.373 e. The van der Waals surface area contributed by atoms with Crippen LogP contribution in [0.1, 0.15) is 63.6 Å². The fourth-order valence-electron chi connectivity index (χ4n) is 3.22. The quantitative estimate of drug-likeness (QED) is 0.803. The first-order valence-corrected chi connectivity index (χ1v) is 8.16. The maximum absolute atomic E-state index is 6.09. The Morgan fingerprint density at radius 3 is 2.80 bits per heavy atom. The Hall–Kier alpha value is -0.860. The van der Waals surface area contributed by atoms with Gasteiger partial charge in [-0.3, -0.25) is 0 Å². The highest BCUT2D eigenvalue weighted by molar-refractivity contribution is 5.28. The molecule has 1 saturated heterocycles. The van der Waals surface area contributed by atoms with Gasteiger partial charge in [0.05, 0.1) is 11.6 Å². The van der Waals surface area contributed by atoms with Gasteiger partial charge in [0, 0.05) is 6.61 Å². The van der Waals surface area contributed by atoms with E-state index in [1.54, 1.807) is 0 Å². The van der Waals surface area contributed by atoms with Gasteiger partial charge in [-0.1, -0.05) is 44.5 Å². The zero-order valence-electron chi connectivity index (χ0n) is 13.2. The van der Waals surface area contributed by atoms with E-state index in [2.05, 4.69) is 50.4 Å². The SMILES string of the molecule is CCCNC(c1cccc(CCC)c1)C1(C)CCCO1. The fourth-order valence-corrected chi connectivity index (χ4v) is 3.22. The summed E-state index contributed by atoms with van der Waals surface area (Å²) < 4.78 is 6.09. The van der Waals surface area contributed by atoms with Crippen LogP contribution in [0.3, 0.4) is 0 Å². The molecule has 2 rings (SSSR count). The number of ether oxygens (including phenoxy) is 1. The van der Waals surface area contributed by atoms with Gasteiger partial charge in [0.2, 0.25) is 0 Å². The van der Waals surface area contributed by atoms with Crippen molar-refractivity contribution in [3.8, 4) is 0 Å². The van der Waals surface area contributed by atoms with Gasteiger partial charge in [-0.25, -0.2) is 0 Å².